The molecule has 0 spiro atoms. The Balaban J connectivity index is 1.67. The number of rotatable bonds is 0. The molecule has 134 valence electrons. The molecule has 0 aromatic rings. The van der Waals surface area contributed by atoms with Crippen molar-refractivity contribution in [3.05, 3.63) is 0 Å². The molecule has 9 atom stereocenters. The number of hydrogen-bond acceptors (Lipinski definition) is 2. The molecule has 0 saturated heterocycles. The first kappa shape index (κ1) is 16.9. The lowest BCUT2D eigenvalue weighted by atomic mass is 9.42. The van der Waals surface area contributed by atoms with Gasteiger partial charge in [0.25, 0.3) is 0 Å². The molecule has 24 heavy (non-hydrogen) atoms. The van der Waals surface area contributed by atoms with Gasteiger partial charge in [-0.2, -0.15) is 5.26 Å². The highest BCUT2D eigenvalue weighted by atomic mass is 16.3. The van der Waals surface area contributed by atoms with E-state index in [1.54, 1.807) is 0 Å². The molecule has 0 aromatic heterocycles. The van der Waals surface area contributed by atoms with E-state index in [2.05, 4.69) is 33.8 Å². The van der Waals surface area contributed by atoms with Crippen molar-refractivity contribution in [3.8, 4) is 6.07 Å². The van der Waals surface area contributed by atoms with Crippen LogP contribution in [-0.2, 0) is 0 Å². The number of hydrogen-bond donors (Lipinski definition) is 1. The van der Waals surface area contributed by atoms with Gasteiger partial charge in [-0.3, -0.25) is 0 Å². The van der Waals surface area contributed by atoms with E-state index in [0.29, 0.717) is 11.3 Å². The Hall–Kier alpha value is -0.550. The molecule has 2 nitrogen and oxygen atoms in total. The van der Waals surface area contributed by atoms with Gasteiger partial charge in [-0.05, 0) is 98.7 Å². The quantitative estimate of drug-likeness (QED) is 0.666. The van der Waals surface area contributed by atoms with Crippen LogP contribution >= 0.6 is 0 Å². The fraction of sp³-hybridized carbons (Fsp3) is 0.955. The Labute approximate surface area is 148 Å². The van der Waals surface area contributed by atoms with Crippen LogP contribution in [0.15, 0.2) is 0 Å². The summed E-state index contributed by atoms with van der Waals surface area (Å²) in [6.45, 7) is 9.51. The third-order valence-corrected chi connectivity index (χ3v) is 9.47. The van der Waals surface area contributed by atoms with E-state index in [1.165, 1.54) is 32.1 Å². The monoisotopic (exact) mass is 329 g/mol. The van der Waals surface area contributed by atoms with Gasteiger partial charge in [0, 0.05) is 0 Å². The minimum absolute atomic E-state index is 0.271. The molecule has 4 fully saturated rings. The summed E-state index contributed by atoms with van der Waals surface area (Å²) >= 11 is 0. The maximum Gasteiger partial charge on any atom is 0.0661 e. The van der Waals surface area contributed by atoms with E-state index in [9.17, 15) is 10.4 Å². The van der Waals surface area contributed by atoms with Crippen LogP contribution in [0.3, 0.4) is 0 Å². The molecule has 4 aliphatic rings. The lowest BCUT2D eigenvalue weighted by molar-refractivity contribution is -0.162. The van der Waals surface area contributed by atoms with Crippen molar-refractivity contribution in [3.63, 3.8) is 0 Å². The van der Waals surface area contributed by atoms with Crippen LogP contribution in [0.25, 0.3) is 0 Å². The summed E-state index contributed by atoms with van der Waals surface area (Å²) in [5.74, 6) is 4.12. The summed E-state index contributed by atoms with van der Waals surface area (Å²) in [5.41, 5.74) is 0.248. The summed E-state index contributed by atoms with van der Waals surface area (Å²) < 4.78 is 0. The molecule has 4 saturated carbocycles. The molecule has 2 heteroatoms. The van der Waals surface area contributed by atoms with Gasteiger partial charge in [0.1, 0.15) is 0 Å². The lowest BCUT2D eigenvalue weighted by Gasteiger charge is -2.63. The van der Waals surface area contributed by atoms with Gasteiger partial charge in [0.05, 0.1) is 17.6 Å². The van der Waals surface area contributed by atoms with Gasteiger partial charge in [0.2, 0.25) is 0 Å². The number of fused-ring (bicyclic) bond motifs is 5. The van der Waals surface area contributed by atoms with E-state index in [4.69, 9.17) is 0 Å². The molecular formula is C22H35NO. The molecule has 4 aliphatic carbocycles. The van der Waals surface area contributed by atoms with Crippen LogP contribution < -0.4 is 0 Å². The minimum Gasteiger partial charge on any atom is -0.390 e. The van der Waals surface area contributed by atoms with Gasteiger partial charge in [-0.15, -0.1) is 0 Å². The van der Waals surface area contributed by atoms with E-state index >= 15 is 0 Å². The zero-order chi connectivity index (χ0) is 17.3. The van der Waals surface area contributed by atoms with Gasteiger partial charge in [-0.25, -0.2) is 0 Å². The van der Waals surface area contributed by atoms with Crippen LogP contribution in [0.2, 0.25) is 0 Å². The summed E-state index contributed by atoms with van der Waals surface area (Å²) in [6, 6.07) is 2.66. The number of aliphatic hydroxyl groups is 1. The fourth-order valence-corrected chi connectivity index (χ4v) is 8.03. The first-order valence-electron chi connectivity index (χ1n) is 10.3. The molecule has 0 aliphatic heterocycles. The molecular weight excluding hydrogens is 294 g/mol. The SMILES string of the molecule is C[C@H]1C[C@H]2C[C@](C)(O)CC[C@]2(C)[C@H]2CC[C@]3(C)C(C#N)CC[C@H]3[C@H]12. The predicted molar refractivity (Wildman–Crippen MR) is 96.0 cm³/mol. The van der Waals surface area contributed by atoms with Crippen molar-refractivity contribution < 1.29 is 5.11 Å². The Kier molecular flexibility index (Phi) is 3.68. The zero-order valence-corrected chi connectivity index (χ0v) is 16.0. The van der Waals surface area contributed by atoms with Crippen molar-refractivity contribution in [2.45, 2.75) is 84.7 Å². The second kappa shape index (κ2) is 5.23. The summed E-state index contributed by atoms with van der Waals surface area (Å²) in [5, 5.41) is 20.3. The van der Waals surface area contributed by atoms with E-state index in [-0.39, 0.29) is 11.3 Å². The van der Waals surface area contributed by atoms with Crippen molar-refractivity contribution >= 4 is 0 Å². The van der Waals surface area contributed by atoms with Gasteiger partial charge in [-0.1, -0.05) is 20.8 Å². The topological polar surface area (TPSA) is 44.0 Å². The Morgan fingerprint density at radius 1 is 0.958 bits per heavy atom. The second-order valence-electron chi connectivity index (χ2n) is 10.7. The van der Waals surface area contributed by atoms with Crippen LogP contribution in [0.1, 0.15) is 79.1 Å². The first-order chi connectivity index (χ1) is 11.2. The van der Waals surface area contributed by atoms with Crippen LogP contribution in [-0.4, -0.2) is 10.7 Å². The summed E-state index contributed by atoms with van der Waals surface area (Å²) in [4.78, 5) is 0. The van der Waals surface area contributed by atoms with Crippen molar-refractivity contribution in [1.82, 2.24) is 0 Å². The van der Waals surface area contributed by atoms with E-state index in [1.807, 2.05) is 0 Å². The van der Waals surface area contributed by atoms with Gasteiger partial charge < -0.3 is 5.11 Å². The standard InChI is InChI=1S/C22H35NO/c1-14-11-16-12-20(2,24)9-10-22(16,4)18-7-8-21(3)15(13-23)5-6-17(21)19(14)18/h14-19,24H,5-12H2,1-4H3/t14-,15?,16-,17-,18-,19-,20+,21+,22-/m0/s1. The smallest absolute Gasteiger partial charge is 0.0661 e. The Morgan fingerprint density at radius 3 is 2.38 bits per heavy atom. The molecule has 0 heterocycles. The molecule has 0 bridgehead atoms. The largest absolute Gasteiger partial charge is 0.390 e. The lowest BCUT2D eigenvalue weighted by Crippen LogP contribution is -2.57. The minimum atomic E-state index is -0.445. The first-order valence-corrected chi connectivity index (χ1v) is 10.3. The third kappa shape index (κ3) is 2.16. The Morgan fingerprint density at radius 2 is 1.67 bits per heavy atom. The zero-order valence-electron chi connectivity index (χ0n) is 16.0. The molecule has 0 radical (unpaired) electrons. The van der Waals surface area contributed by atoms with Crippen molar-refractivity contribution in [2.75, 3.05) is 0 Å². The summed E-state index contributed by atoms with van der Waals surface area (Å²) in [7, 11) is 0. The van der Waals surface area contributed by atoms with Crippen LogP contribution in [0.5, 0.6) is 0 Å². The van der Waals surface area contributed by atoms with E-state index < -0.39 is 5.60 Å². The average Bonchev–Trinajstić information content (AvgIpc) is 2.85. The summed E-state index contributed by atoms with van der Waals surface area (Å²) in [6.07, 6.45) is 9.43. The third-order valence-electron chi connectivity index (χ3n) is 9.47. The predicted octanol–water partition coefficient (Wildman–Crippen LogP) is 5.17. The van der Waals surface area contributed by atoms with Gasteiger partial charge in [0.15, 0.2) is 0 Å². The molecule has 0 amide bonds. The molecule has 0 aromatic carbocycles. The van der Waals surface area contributed by atoms with Crippen molar-refractivity contribution in [2.24, 2.45) is 46.3 Å². The highest BCUT2D eigenvalue weighted by Crippen LogP contribution is 2.69. The average molecular weight is 330 g/mol. The normalized spacial score (nSPS) is 59.8. The molecule has 1 unspecified atom stereocenters. The van der Waals surface area contributed by atoms with Gasteiger partial charge >= 0.3 is 0 Å². The maximum atomic E-state index is 10.6. The number of nitriles is 1. The Bertz CT molecular complexity index is 563. The van der Waals surface area contributed by atoms with E-state index in [0.717, 1.165) is 42.9 Å². The number of nitrogens with zero attached hydrogens (tertiary/aromatic N) is 1. The van der Waals surface area contributed by atoms with Crippen LogP contribution in [0, 0.1) is 57.7 Å². The highest BCUT2D eigenvalue weighted by Gasteiger charge is 2.62. The van der Waals surface area contributed by atoms with Crippen LogP contribution in [0.4, 0.5) is 0 Å². The van der Waals surface area contributed by atoms with Crippen molar-refractivity contribution in [1.29, 1.82) is 5.26 Å². The highest BCUT2D eigenvalue weighted by molar-refractivity contribution is 5.14. The second-order valence-corrected chi connectivity index (χ2v) is 10.7. The molecule has 4 rings (SSSR count). The fourth-order valence-electron chi connectivity index (χ4n) is 8.03. The maximum absolute atomic E-state index is 10.6. The molecule has 1 N–H and O–H groups in total.